The molecule has 1 aliphatic rings. The van der Waals surface area contributed by atoms with E-state index in [2.05, 4.69) is 15.3 Å². The molecule has 2 aromatic rings. The van der Waals surface area contributed by atoms with E-state index in [1.165, 1.54) is 12.3 Å². The molecular formula is C24H27F6N5O6. The summed E-state index contributed by atoms with van der Waals surface area (Å²) in [4.78, 5) is 41.4. The minimum atomic E-state index is -5.37. The van der Waals surface area contributed by atoms with Crippen LogP contribution in [0.25, 0.3) is 11.3 Å². The largest absolute Gasteiger partial charge is 0.490 e. The van der Waals surface area contributed by atoms with E-state index < -0.39 is 46.9 Å². The highest BCUT2D eigenvalue weighted by atomic mass is 19.4. The van der Waals surface area contributed by atoms with Crippen molar-refractivity contribution >= 4 is 23.6 Å². The number of aliphatic carboxylic acids is 1. The predicted octanol–water partition coefficient (Wildman–Crippen LogP) is 2.33. The fraction of sp³-hybridized carbons (Fsp3) is 0.458. The number of alkyl halides is 6. The first kappa shape index (κ1) is 33.2. The average Bonchev–Trinajstić information content (AvgIpc) is 2.84. The lowest BCUT2D eigenvalue weighted by atomic mass is 9.83. The molecule has 2 amide bonds. The number of aliphatic hydroxyl groups is 2. The van der Waals surface area contributed by atoms with E-state index in [1.807, 2.05) is 0 Å². The third-order valence-corrected chi connectivity index (χ3v) is 6.35. The Labute approximate surface area is 228 Å². The second kappa shape index (κ2) is 11.9. The zero-order valence-corrected chi connectivity index (χ0v) is 21.6. The first-order chi connectivity index (χ1) is 18.6. The average molecular weight is 595 g/mol. The van der Waals surface area contributed by atoms with Crippen LogP contribution in [0.3, 0.4) is 0 Å². The van der Waals surface area contributed by atoms with Gasteiger partial charge in [-0.2, -0.15) is 26.3 Å². The van der Waals surface area contributed by atoms with Gasteiger partial charge in [-0.15, -0.1) is 0 Å². The summed E-state index contributed by atoms with van der Waals surface area (Å²) < 4.78 is 72.3. The van der Waals surface area contributed by atoms with Gasteiger partial charge < -0.3 is 32.1 Å². The number of carbonyl (C=O) groups excluding carboxylic acids is 2. The summed E-state index contributed by atoms with van der Waals surface area (Å²) in [6, 6.07) is 2.92. The van der Waals surface area contributed by atoms with Crippen molar-refractivity contribution in [1.82, 2.24) is 15.3 Å². The van der Waals surface area contributed by atoms with Gasteiger partial charge in [-0.05, 0) is 51.2 Å². The fourth-order valence-electron chi connectivity index (χ4n) is 3.90. The molecule has 1 fully saturated rings. The molecule has 1 aromatic carbocycles. The number of rotatable bonds is 5. The van der Waals surface area contributed by atoms with Gasteiger partial charge in [0.2, 0.25) is 0 Å². The molecule has 0 radical (unpaired) electrons. The second-order valence-electron chi connectivity index (χ2n) is 9.64. The van der Waals surface area contributed by atoms with Crippen molar-refractivity contribution in [2.45, 2.75) is 69.1 Å². The van der Waals surface area contributed by atoms with E-state index in [9.17, 15) is 46.1 Å². The number of nitrogens with one attached hydrogen (secondary N) is 1. The maximum Gasteiger partial charge on any atom is 0.490 e. The Morgan fingerprint density at radius 1 is 1.10 bits per heavy atom. The van der Waals surface area contributed by atoms with Crippen molar-refractivity contribution in [3.8, 4) is 11.3 Å². The van der Waals surface area contributed by atoms with Crippen molar-refractivity contribution in [2.24, 2.45) is 5.73 Å². The summed E-state index contributed by atoms with van der Waals surface area (Å²) >= 11 is 0. The zero-order valence-electron chi connectivity index (χ0n) is 21.6. The Hall–Kier alpha value is -3.99. The summed E-state index contributed by atoms with van der Waals surface area (Å²) in [5.74, 6) is -5.53. The number of primary amides is 1. The quantitative estimate of drug-likeness (QED) is 0.281. The SMILES string of the molecule is Cc1ccc(C(O)(C(N)=O)C(F)(F)F)cc1-c1cnc(N)c(C(=O)NC2CCC(C)(O)CC2)n1.O=C(O)C(F)(F)F. The molecular weight excluding hydrogens is 568 g/mol. The molecule has 0 aliphatic heterocycles. The van der Waals surface area contributed by atoms with E-state index in [0.717, 1.165) is 12.1 Å². The third kappa shape index (κ3) is 7.81. The van der Waals surface area contributed by atoms with Gasteiger partial charge in [0.25, 0.3) is 17.4 Å². The van der Waals surface area contributed by atoms with Crippen LogP contribution in [0.1, 0.15) is 54.2 Å². The third-order valence-electron chi connectivity index (χ3n) is 6.35. The number of anilines is 1. The summed E-state index contributed by atoms with van der Waals surface area (Å²) in [5.41, 5.74) is 5.53. The maximum atomic E-state index is 13.5. The van der Waals surface area contributed by atoms with Crippen LogP contribution < -0.4 is 16.8 Å². The number of carboxylic acid groups (broad SMARTS) is 1. The van der Waals surface area contributed by atoms with Gasteiger partial charge in [-0.3, -0.25) is 9.59 Å². The number of aromatic nitrogens is 2. The lowest BCUT2D eigenvalue weighted by molar-refractivity contribution is -0.255. The van der Waals surface area contributed by atoms with E-state index in [4.69, 9.17) is 21.4 Å². The normalized spacial score (nSPS) is 20.7. The van der Waals surface area contributed by atoms with Gasteiger partial charge in [0.05, 0.1) is 17.5 Å². The number of carbonyl (C=O) groups is 3. The van der Waals surface area contributed by atoms with Gasteiger partial charge in [0.1, 0.15) is 0 Å². The van der Waals surface area contributed by atoms with Crippen molar-refractivity contribution in [1.29, 1.82) is 0 Å². The van der Waals surface area contributed by atoms with Crippen LogP contribution in [0, 0.1) is 6.92 Å². The molecule has 1 saturated carbocycles. The molecule has 226 valence electrons. The smallest absolute Gasteiger partial charge is 0.475 e. The highest BCUT2D eigenvalue weighted by molar-refractivity contribution is 5.97. The number of halogens is 6. The topological polar surface area (TPSA) is 202 Å². The van der Waals surface area contributed by atoms with Crippen LogP contribution in [0.15, 0.2) is 24.4 Å². The maximum absolute atomic E-state index is 13.5. The van der Waals surface area contributed by atoms with E-state index in [-0.39, 0.29) is 28.8 Å². The molecule has 1 aromatic heterocycles. The Kier molecular flexibility index (Phi) is 9.61. The number of hydrogen-bond donors (Lipinski definition) is 6. The number of hydrogen-bond acceptors (Lipinski definition) is 8. The number of amides is 2. The van der Waals surface area contributed by atoms with Crippen LogP contribution in [-0.2, 0) is 15.2 Å². The Morgan fingerprint density at radius 3 is 2.10 bits per heavy atom. The molecule has 1 aliphatic carbocycles. The number of nitrogens with zero attached hydrogens (tertiary/aromatic N) is 2. The number of carboxylic acids is 1. The minimum absolute atomic E-state index is 0.0132. The van der Waals surface area contributed by atoms with Crippen molar-refractivity contribution in [3.05, 3.63) is 41.2 Å². The Balaban J connectivity index is 0.000000745. The fourth-order valence-corrected chi connectivity index (χ4v) is 3.90. The molecule has 0 bridgehead atoms. The summed E-state index contributed by atoms with van der Waals surface area (Å²) in [6.07, 6.45) is -7.16. The Morgan fingerprint density at radius 2 is 1.63 bits per heavy atom. The molecule has 17 heteroatoms. The van der Waals surface area contributed by atoms with Crippen molar-refractivity contribution in [2.75, 3.05) is 5.73 Å². The highest BCUT2D eigenvalue weighted by Gasteiger charge is 2.60. The van der Waals surface area contributed by atoms with Crippen LogP contribution in [0.2, 0.25) is 0 Å². The molecule has 1 heterocycles. The molecule has 11 nitrogen and oxygen atoms in total. The lowest BCUT2D eigenvalue weighted by Crippen LogP contribution is -2.52. The minimum Gasteiger partial charge on any atom is -0.475 e. The summed E-state index contributed by atoms with van der Waals surface area (Å²) in [7, 11) is 0. The van der Waals surface area contributed by atoms with Crippen LogP contribution in [-0.4, -0.2) is 67.1 Å². The lowest BCUT2D eigenvalue weighted by Gasteiger charge is -2.33. The van der Waals surface area contributed by atoms with Gasteiger partial charge in [0, 0.05) is 17.2 Å². The van der Waals surface area contributed by atoms with Crippen molar-refractivity contribution < 1.29 is 56.0 Å². The van der Waals surface area contributed by atoms with Crippen LogP contribution >= 0.6 is 0 Å². The van der Waals surface area contributed by atoms with Gasteiger partial charge >= 0.3 is 18.3 Å². The second-order valence-corrected chi connectivity index (χ2v) is 9.64. The molecule has 3 rings (SSSR count). The molecule has 1 unspecified atom stereocenters. The molecule has 8 N–H and O–H groups in total. The number of aryl methyl sites for hydroxylation is 1. The standard InChI is InChI=1S/C22H26F3N5O4.C2HF3O2/c1-11-3-4-12(21(34,19(27)32)22(23,24)25)9-14(11)15-10-28-17(26)16(30-15)18(31)29-13-5-7-20(2,33)8-6-13;3-2(4,5)1(6)7/h3-4,9-10,13,33-34H,5-8H2,1-2H3,(H2,26,28)(H2,27,32)(H,29,31);(H,6,7). The first-order valence-corrected chi connectivity index (χ1v) is 11.8. The Bertz CT molecular complexity index is 1310. The van der Waals surface area contributed by atoms with E-state index in [0.29, 0.717) is 31.2 Å². The molecule has 0 spiro atoms. The molecule has 41 heavy (non-hydrogen) atoms. The van der Waals surface area contributed by atoms with Gasteiger partial charge in [0.15, 0.2) is 11.5 Å². The van der Waals surface area contributed by atoms with E-state index >= 15 is 0 Å². The molecule has 1 atom stereocenters. The molecule has 0 saturated heterocycles. The van der Waals surface area contributed by atoms with Crippen LogP contribution in [0.5, 0.6) is 0 Å². The summed E-state index contributed by atoms with van der Waals surface area (Å²) in [5, 5.41) is 30.1. The van der Waals surface area contributed by atoms with Crippen molar-refractivity contribution in [3.63, 3.8) is 0 Å². The summed E-state index contributed by atoms with van der Waals surface area (Å²) in [6.45, 7) is 3.30. The predicted molar refractivity (Wildman–Crippen MR) is 130 cm³/mol. The number of benzene rings is 1. The highest BCUT2D eigenvalue weighted by Crippen LogP contribution is 2.40. The monoisotopic (exact) mass is 595 g/mol. The van der Waals surface area contributed by atoms with E-state index in [1.54, 1.807) is 13.8 Å². The van der Waals surface area contributed by atoms with Gasteiger partial charge in [-0.25, -0.2) is 14.8 Å². The first-order valence-electron chi connectivity index (χ1n) is 11.8. The zero-order chi connectivity index (χ0) is 31.6. The number of nitrogen functional groups attached to an aromatic ring is 1. The number of nitrogens with two attached hydrogens (primary N) is 2. The van der Waals surface area contributed by atoms with Crippen LogP contribution in [0.4, 0.5) is 32.2 Å². The van der Waals surface area contributed by atoms with Gasteiger partial charge in [-0.1, -0.05) is 12.1 Å².